The third kappa shape index (κ3) is 8.65. The summed E-state index contributed by atoms with van der Waals surface area (Å²) in [6.45, 7) is 8.39. The molecule has 0 aliphatic carbocycles. The Hall–Kier alpha value is -3.71. The fourth-order valence-electron chi connectivity index (χ4n) is 5.92. The molecule has 0 spiro atoms. The molecule has 4 rings (SSSR count). The summed E-state index contributed by atoms with van der Waals surface area (Å²) in [6.07, 6.45) is 3.04. The standard InChI is InChI=1S/C35H44FN3O3/c1-34(2,3)42-33(41)37-25-32(40)38-26-35(28-13-6-4-7-14-28,29-15-8-5-9-16-29)21-12-22-39-23-19-27(20-24-39)30-17-10-11-18-31(30)36/h4-11,13-18,27H,12,19-26H2,1-3H3,(H,37,41)(H,38,40). The molecule has 0 radical (unpaired) electrons. The molecule has 3 aromatic carbocycles. The maximum Gasteiger partial charge on any atom is 0.408 e. The van der Waals surface area contributed by atoms with Gasteiger partial charge in [0.15, 0.2) is 0 Å². The van der Waals surface area contributed by atoms with Crippen LogP contribution in [0.25, 0.3) is 0 Å². The molecule has 6 nitrogen and oxygen atoms in total. The van der Waals surface area contributed by atoms with Gasteiger partial charge in [0.2, 0.25) is 5.91 Å². The molecule has 1 aliphatic heterocycles. The van der Waals surface area contributed by atoms with Gasteiger partial charge in [-0.2, -0.15) is 0 Å². The van der Waals surface area contributed by atoms with Crippen LogP contribution in [-0.4, -0.2) is 55.2 Å². The van der Waals surface area contributed by atoms with Crippen molar-refractivity contribution in [3.63, 3.8) is 0 Å². The Labute approximate surface area is 249 Å². The number of carbonyl (C=O) groups excluding carboxylic acids is 2. The van der Waals surface area contributed by atoms with Gasteiger partial charge in [-0.05, 0) is 94.8 Å². The summed E-state index contributed by atoms with van der Waals surface area (Å²) in [7, 11) is 0. The van der Waals surface area contributed by atoms with E-state index in [9.17, 15) is 14.0 Å². The predicted octanol–water partition coefficient (Wildman–Crippen LogP) is 6.41. The molecular weight excluding hydrogens is 529 g/mol. The molecule has 0 bridgehead atoms. The van der Waals surface area contributed by atoms with Crippen molar-refractivity contribution in [1.82, 2.24) is 15.5 Å². The Morgan fingerprint density at radius 2 is 1.43 bits per heavy atom. The highest BCUT2D eigenvalue weighted by Crippen LogP contribution is 2.37. The van der Waals surface area contributed by atoms with E-state index in [2.05, 4.69) is 39.8 Å². The lowest BCUT2D eigenvalue weighted by Gasteiger charge is -2.37. The molecule has 0 unspecified atom stereocenters. The maximum absolute atomic E-state index is 14.3. The molecule has 1 heterocycles. The number of likely N-dealkylation sites (tertiary alicyclic amines) is 1. The lowest BCUT2D eigenvalue weighted by atomic mass is 9.71. The first-order valence-electron chi connectivity index (χ1n) is 15.0. The number of alkyl carbamates (subject to hydrolysis) is 1. The minimum Gasteiger partial charge on any atom is -0.444 e. The number of halogens is 1. The van der Waals surface area contributed by atoms with Crippen LogP contribution in [0.5, 0.6) is 0 Å². The molecule has 42 heavy (non-hydrogen) atoms. The van der Waals surface area contributed by atoms with Gasteiger partial charge in [0.05, 0.1) is 6.54 Å². The number of nitrogens with zero attached hydrogens (tertiary/aromatic N) is 1. The monoisotopic (exact) mass is 573 g/mol. The molecule has 1 saturated heterocycles. The summed E-state index contributed by atoms with van der Waals surface area (Å²) in [5.41, 5.74) is 2.02. The summed E-state index contributed by atoms with van der Waals surface area (Å²) in [5.74, 6) is -0.109. The van der Waals surface area contributed by atoms with Crippen LogP contribution in [0.2, 0.25) is 0 Å². The van der Waals surface area contributed by atoms with Crippen molar-refractivity contribution in [3.8, 4) is 0 Å². The Balaban J connectivity index is 1.43. The third-order valence-electron chi connectivity index (χ3n) is 8.04. The first kappa shape index (κ1) is 31.2. The van der Waals surface area contributed by atoms with Crippen LogP contribution in [-0.2, 0) is 14.9 Å². The zero-order chi connectivity index (χ0) is 30.0. The molecule has 224 valence electrons. The second-order valence-corrected chi connectivity index (χ2v) is 12.2. The number of hydrogen-bond acceptors (Lipinski definition) is 4. The average molecular weight is 574 g/mol. The van der Waals surface area contributed by atoms with Gasteiger partial charge in [-0.1, -0.05) is 78.9 Å². The normalized spacial score (nSPS) is 14.8. The largest absolute Gasteiger partial charge is 0.444 e. The van der Waals surface area contributed by atoms with Crippen LogP contribution in [0.4, 0.5) is 9.18 Å². The fraction of sp³-hybridized carbons (Fsp3) is 0.429. The van der Waals surface area contributed by atoms with Crippen molar-refractivity contribution in [1.29, 1.82) is 0 Å². The van der Waals surface area contributed by atoms with Crippen LogP contribution < -0.4 is 10.6 Å². The van der Waals surface area contributed by atoms with Gasteiger partial charge in [-0.3, -0.25) is 4.79 Å². The van der Waals surface area contributed by atoms with E-state index >= 15 is 0 Å². The van der Waals surface area contributed by atoms with E-state index < -0.39 is 17.1 Å². The summed E-state index contributed by atoms with van der Waals surface area (Å²) < 4.78 is 19.6. The van der Waals surface area contributed by atoms with Crippen LogP contribution in [0.1, 0.15) is 69.1 Å². The molecular formula is C35H44FN3O3. The Morgan fingerprint density at radius 3 is 2.00 bits per heavy atom. The molecule has 2 amide bonds. The predicted molar refractivity (Wildman–Crippen MR) is 165 cm³/mol. The SMILES string of the molecule is CC(C)(C)OC(=O)NCC(=O)NCC(CCCN1CCC(c2ccccc2F)CC1)(c1ccccc1)c1ccccc1. The van der Waals surface area contributed by atoms with E-state index in [4.69, 9.17) is 4.74 Å². The molecule has 1 fully saturated rings. The van der Waals surface area contributed by atoms with E-state index in [1.54, 1.807) is 32.9 Å². The lowest BCUT2D eigenvalue weighted by Crippen LogP contribution is -2.46. The number of hydrogen-bond donors (Lipinski definition) is 2. The number of benzene rings is 3. The third-order valence-corrected chi connectivity index (χ3v) is 8.04. The maximum atomic E-state index is 14.3. The second kappa shape index (κ2) is 14.5. The summed E-state index contributed by atoms with van der Waals surface area (Å²) in [5, 5.41) is 5.65. The molecule has 1 aliphatic rings. The Bertz CT molecular complexity index is 1250. The molecule has 0 atom stereocenters. The molecule has 0 aromatic heterocycles. The lowest BCUT2D eigenvalue weighted by molar-refractivity contribution is -0.120. The summed E-state index contributed by atoms with van der Waals surface area (Å²) in [4.78, 5) is 27.5. The second-order valence-electron chi connectivity index (χ2n) is 12.2. The first-order chi connectivity index (χ1) is 20.2. The van der Waals surface area contributed by atoms with E-state index in [0.29, 0.717) is 6.54 Å². The highest BCUT2D eigenvalue weighted by atomic mass is 19.1. The quantitative estimate of drug-likeness (QED) is 0.278. The first-order valence-corrected chi connectivity index (χ1v) is 15.0. The van der Waals surface area contributed by atoms with Crippen molar-refractivity contribution in [2.75, 3.05) is 32.7 Å². The van der Waals surface area contributed by atoms with Gasteiger partial charge in [0.1, 0.15) is 11.4 Å². The summed E-state index contributed by atoms with van der Waals surface area (Å²) in [6, 6.07) is 27.8. The zero-order valence-electron chi connectivity index (χ0n) is 25.1. The van der Waals surface area contributed by atoms with Crippen molar-refractivity contribution in [2.45, 2.75) is 63.4 Å². The number of amides is 2. The number of carbonyl (C=O) groups is 2. The molecule has 2 N–H and O–H groups in total. The minimum atomic E-state index is -0.636. The van der Waals surface area contributed by atoms with E-state index in [1.807, 2.05) is 48.5 Å². The van der Waals surface area contributed by atoms with Gasteiger partial charge in [0.25, 0.3) is 0 Å². The van der Waals surface area contributed by atoms with Crippen molar-refractivity contribution in [2.24, 2.45) is 0 Å². The van der Waals surface area contributed by atoms with Gasteiger partial charge in [-0.15, -0.1) is 0 Å². The smallest absolute Gasteiger partial charge is 0.408 e. The van der Waals surface area contributed by atoms with Crippen molar-refractivity contribution in [3.05, 3.63) is 107 Å². The number of rotatable bonds is 11. The minimum absolute atomic E-state index is 0.102. The highest BCUT2D eigenvalue weighted by Gasteiger charge is 2.35. The average Bonchev–Trinajstić information content (AvgIpc) is 2.98. The van der Waals surface area contributed by atoms with Gasteiger partial charge >= 0.3 is 6.09 Å². The van der Waals surface area contributed by atoms with E-state index in [0.717, 1.165) is 62.0 Å². The Morgan fingerprint density at radius 1 is 0.857 bits per heavy atom. The molecule has 3 aromatic rings. The number of ether oxygens (including phenoxy) is 1. The van der Waals surface area contributed by atoms with Crippen molar-refractivity contribution >= 4 is 12.0 Å². The summed E-state index contributed by atoms with van der Waals surface area (Å²) >= 11 is 0. The van der Waals surface area contributed by atoms with Gasteiger partial charge < -0.3 is 20.3 Å². The Kier molecular flexibility index (Phi) is 10.7. The molecule has 7 heteroatoms. The number of piperidine rings is 1. The van der Waals surface area contributed by atoms with Crippen LogP contribution in [0, 0.1) is 5.82 Å². The van der Waals surface area contributed by atoms with Crippen LogP contribution in [0.15, 0.2) is 84.9 Å². The molecule has 0 saturated carbocycles. The zero-order valence-corrected chi connectivity index (χ0v) is 25.1. The van der Waals surface area contributed by atoms with Gasteiger partial charge in [-0.25, -0.2) is 9.18 Å². The van der Waals surface area contributed by atoms with Gasteiger partial charge in [0, 0.05) is 12.0 Å². The van der Waals surface area contributed by atoms with Crippen molar-refractivity contribution < 1.29 is 18.7 Å². The fourth-order valence-corrected chi connectivity index (χ4v) is 5.92. The van der Waals surface area contributed by atoms with Crippen LogP contribution >= 0.6 is 0 Å². The van der Waals surface area contributed by atoms with Crippen LogP contribution in [0.3, 0.4) is 0 Å². The number of nitrogens with one attached hydrogen (secondary N) is 2. The topological polar surface area (TPSA) is 70.7 Å². The van der Waals surface area contributed by atoms with E-state index in [1.165, 1.54) is 0 Å². The highest BCUT2D eigenvalue weighted by molar-refractivity contribution is 5.82. The van der Waals surface area contributed by atoms with E-state index in [-0.39, 0.29) is 24.2 Å².